The van der Waals surface area contributed by atoms with Crippen molar-refractivity contribution in [3.05, 3.63) is 29.6 Å². The number of carbonyl (C=O) groups is 1. The van der Waals surface area contributed by atoms with Crippen molar-refractivity contribution in [2.24, 2.45) is 5.73 Å². The monoisotopic (exact) mass is 208 g/mol. The number of hydrogen-bond donors (Lipinski definition) is 1. The van der Waals surface area contributed by atoms with Crippen molar-refractivity contribution in [2.75, 3.05) is 6.61 Å². The summed E-state index contributed by atoms with van der Waals surface area (Å²) in [6.45, 7) is 4.11. The van der Waals surface area contributed by atoms with E-state index in [2.05, 4.69) is 4.98 Å². The maximum atomic E-state index is 11.2. The minimum atomic E-state index is -0.335. The maximum absolute atomic E-state index is 11.2. The van der Waals surface area contributed by atoms with Gasteiger partial charge in [0.15, 0.2) is 0 Å². The van der Waals surface area contributed by atoms with Crippen LogP contribution in [0.5, 0.6) is 0 Å². The molecule has 0 spiro atoms. The fourth-order valence-electron chi connectivity index (χ4n) is 1.37. The van der Waals surface area contributed by atoms with Crippen LogP contribution in [0.25, 0.3) is 0 Å². The van der Waals surface area contributed by atoms with Crippen molar-refractivity contribution < 1.29 is 9.53 Å². The van der Waals surface area contributed by atoms with Gasteiger partial charge in [0.25, 0.3) is 0 Å². The number of nitrogens with two attached hydrogens (primary N) is 1. The highest BCUT2D eigenvalue weighted by atomic mass is 16.5. The maximum Gasteiger partial charge on any atom is 0.307 e. The number of nitrogens with zero attached hydrogens (tertiary/aromatic N) is 1. The van der Waals surface area contributed by atoms with E-state index in [0.717, 1.165) is 11.1 Å². The van der Waals surface area contributed by atoms with Crippen LogP contribution in [0.15, 0.2) is 18.5 Å². The molecule has 15 heavy (non-hydrogen) atoms. The first-order valence-electron chi connectivity index (χ1n) is 4.96. The van der Waals surface area contributed by atoms with Crippen LogP contribution in [0.4, 0.5) is 0 Å². The lowest BCUT2D eigenvalue weighted by atomic mass is 10.0. The molecule has 0 fully saturated rings. The van der Waals surface area contributed by atoms with E-state index < -0.39 is 0 Å². The molecule has 0 aromatic carbocycles. The lowest BCUT2D eigenvalue weighted by molar-refractivity contribution is -0.143. The van der Waals surface area contributed by atoms with Crippen LogP contribution in [-0.4, -0.2) is 17.6 Å². The Hall–Kier alpha value is -1.42. The van der Waals surface area contributed by atoms with Gasteiger partial charge < -0.3 is 10.5 Å². The molecule has 82 valence electrons. The molecule has 0 amide bonds. The number of hydrogen-bond acceptors (Lipinski definition) is 4. The Kier molecular flexibility index (Phi) is 4.24. The van der Waals surface area contributed by atoms with Gasteiger partial charge in [-0.05, 0) is 31.0 Å². The number of esters is 1. The van der Waals surface area contributed by atoms with Gasteiger partial charge in [0.05, 0.1) is 13.0 Å². The third-order valence-corrected chi connectivity index (χ3v) is 2.17. The first-order valence-corrected chi connectivity index (χ1v) is 4.96. The first-order chi connectivity index (χ1) is 7.15. The molecule has 0 unspecified atom stereocenters. The lowest BCUT2D eigenvalue weighted by Crippen LogP contribution is -2.18. The Labute approximate surface area is 89.5 Å². The summed E-state index contributed by atoms with van der Waals surface area (Å²) in [6, 6.07) is 1.54. The summed E-state index contributed by atoms with van der Waals surface area (Å²) < 4.78 is 4.83. The molecule has 0 saturated heterocycles. The largest absolute Gasteiger partial charge is 0.466 e. The Morgan fingerprint density at radius 1 is 1.67 bits per heavy atom. The average Bonchev–Trinajstić information content (AvgIpc) is 2.18. The molecular formula is C11H16N2O2. The molecule has 1 atom stereocenters. The molecule has 4 nitrogen and oxygen atoms in total. The molecule has 0 bridgehead atoms. The molecular weight excluding hydrogens is 192 g/mol. The zero-order valence-electron chi connectivity index (χ0n) is 9.06. The van der Waals surface area contributed by atoms with Gasteiger partial charge in [-0.1, -0.05) is 0 Å². The zero-order valence-corrected chi connectivity index (χ0v) is 9.06. The quantitative estimate of drug-likeness (QED) is 0.758. The number of aryl methyl sites for hydroxylation is 1. The van der Waals surface area contributed by atoms with Crippen molar-refractivity contribution >= 4 is 5.97 Å². The second kappa shape index (κ2) is 5.46. The van der Waals surface area contributed by atoms with Crippen LogP contribution in [0.3, 0.4) is 0 Å². The number of carbonyl (C=O) groups excluding carboxylic acids is 1. The second-order valence-corrected chi connectivity index (χ2v) is 3.35. The lowest BCUT2D eigenvalue weighted by Gasteiger charge is -2.12. The smallest absolute Gasteiger partial charge is 0.307 e. The van der Waals surface area contributed by atoms with Crippen molar-refractivity contribution in [1.82, 2.24) is 4.98 Å². The second-order valence-electron chi connectivity index (χ2n) is 3.35. The number of aromatic nitrogens is 1. The van der Waals surface area contributed by atoms with Crippen LogP contribution in [0.2, 0.25) is 0 Å². The standard InChI is InChI=1S/C11H16N2O2/c1-3-15-11(14)6-10(12)9-7-13-5-4-8(9)2/h4-5,7,10H,3,6,12H2,1-2H3/t10-/m0/s1. The fraction of sp³-hybridized carbons (Fsp3) is 0.455. The summed E-state index contributed by atoms with van der Waals surface area (Å²) >= 11 is 0. The molecule has 1 aromatic rings. The van der Waals surface area contributed by atoms with Gasteiger partial charge in [-0.3, -0.25) is 9.78 Å². The Balaban J connectivity index is 2.65. The third-order valence-electron chi connectivity index (χ3n) is 2.17. The molecule has 0 aliphatic carbocycles. The molecule has 2 N–H and O–H groups in total. The molecule has 1 aromatic heterocycles. The van der Waals surface area contributed by atoms with Gasteiger partial charge >= 0.3 is 5.97 Å². The van der Waals surface area contributed by atoms with E-state index in [1.54, 1.807) is 19.3 Å². The minimum Gasteiger partial charge on any atom is -0.466 e. The summed E-state index contributed by atoms with van der Waals surface area (Å²) in [5, 5.41) is 0. The Bertz CT molecular complexity index is 339. The van der Waals surface area contributed by atoms with E-state index in [1.807, 2.05) is 13.0 Å². The molecule has 4 heteroatoms. The SMILES string of the molecule is CCOC(=O)C[C@H](N)c1cnccc1C. The van der Waals surface area contributed by atoms with Crippen molar-refractivity contribution in [2.45, 2.75) is 26.3 Å². The first kappa shape index (κ1) is 11.7. The van der Waals surface area contributed by atoms with Gasteiger partial charge in [-0.15, -0.1) is 0 Å². The summed E-state index contributed by atoms with van der Waals surface area (Å²) in [5.41, 5.74) is 7.82. The predicted molar refractivity (Wildman–Crippen MR) is 57.2 cm³/mol. The van der Waals surface area contributed by atoms with Gasteiger partial charge in [-0.25, -0.2) is 0 Å². The zero-order chi connectivity index (χ0) is 11.3. The Morgan fingerprint density at radius 2 is 2.40 bits per heavy atom. The van der Waals surface area contributed by atoms with Crippen LogP contribution < -0.4 is 5.73 Å². The van der Waals surface area contributed by atoms with Crippen LogP contribution in [0.1, 0.15) is 30.5 Å². The molecule has 1 heterocycles. The van der Waals surface area contributed by atoms with E-state index in [4.69, 9.17) is 10.5 Å². The van der Waals surface area contributed by atoms with Crippen molar-refractivity contribution in [3.8, 4) is 0 Å². The predicted octanol–water partition coefficient (Wildman–Crippen LogP) is 1.34. The summed E-state index contributed by atoms with van der Waals surface area (Å²) in [4.78, 5) is 15.2. The van der Waals surface area contributed by atoms with E-state index in [-0.39, 0.29) is 18.4 Å². The summed E-state index contributed by atoms with van der Waals surface area (Å²) in [5.74, 6) is -0.270. The van der Waals surface area contributed by atoms with Crippen LogP contribution in [0, 0.1) is 6.92 Å². The molecule has 0 aliphatic rings. The van der Waals surface area contributed by atoms with E-state index in [1.165, 1.54) is 0 Å². The van der Waals surface area contributed by atoms with Gasteiger partial charge in [-0.2, -0.15) is 0 Å². The van der Waals surface area contributed by atoms with E-state index in [0.29, 0.717) is 6.61 Å². The number of rotatable bonds is 4. The highest BCUT2D eigenvalue weighted by Gasteiger charge is 2.14. The highest BCUT2D eigenvalue weighted by Crippen LogP contribution is 2.17. The average molecular weight is 208 g/mol. The third kappa shape index (κ3) is 3.32. The highest BCUT2D eigenvalue weighted by molar-refractivity contribution is 5.70. The number of pyridine rings is 1. The van der Waals surface area contributed by atoms with Crippen LogP contribution >= 0.6 is 0 Å². The van der Waals surface area contributed by atoms with Crippen LogP contribution in [-0.2, 0) is 9.53 Å². The van der Waals surface area contributed by atoms with Gasteiger partial charge in [0.2, 0.25) is 0 Å². The molecule has 0 aliphatic heterocycles. The van der Waals surface area contributed by atoms with E-state index >= 15 is 0 Å². The fourth-order valence-corrected chi connectivity index (χ4v) is 1.37. The normalized spacial score (nSPS) is 12.2. The topological polar surface area (TPSA) is 65.2 Å². The summed E-state index contributed by atoms with van der Waals surface area (Å²) in [7, 11) is 0. The van der Waals surface area contributed by atoms with Gasteiger partial charge in [0.1, 0.15) is 0 Å². The van der Waals surface area contributed by atoms with Crippen molar-refractivity contribution in [3.63, 3.8) is 0 Å². The molecule has 0 radical (unpaired) electrons. The Morgan fingerprint density at radius 3 is 3.00 bits per heavy atom. The molecule has 1 rings (SSSR count). The summed E-state index contributed by atoms with van der Waals surface area (Å²) in [6.07, 6.45) is 3.59. The molecule has 0 saturated carbocycles. The van der Waals surface area contributed by atoms with Gasteiger partial charge in [0, 0.05) is 18.4 Å². The van der Waals surface area contributed by atoms with Crippen molar-refractivity contribution in [1.29, 1.82) is 0 Å². The minimum absolute atomic E-state index is 0.195. The van der Waals surface area contributed by atoms with E-state index in [9.17, 15) is 4.79 Å². The number of ether oxygens (including phenoxy) is 1.